The quantitative estimate of drug-likeness (QED) is 0.689. The van der Waals surface area contributed by atoms with Gasteiger partial charge in [-0.1, -0.05) is 55.8 Å². The molecule has 1 aliphatic rings. The summed E-state index contributed by atoms with van der Waals surface area (Å²) in [5.74, 6) is 0.782. The highest BCUT2D eigenvalue weighted by molar-refractivity contribution is 5.92. The molecule has 6 nitrogen and oxygen atoms in total. The van der Waals surface area contributed by atoms with Crippen molar-refractivity contribution < 1.29 is 4.79 Å². The summed E-state index contributed by atoms with van der Waals surface area (Å²) in [6.07, 6.45) is 9.90. The van der Waals surface area contributed by atoms with Crippen LogP contribution in [-0.2, 0) is 0 Å². The van der Waals surface area contributed by atoms with Gasteiger partial charge in [0.05, 0.1) is 12.4 Å². The average molecular weight is 394 g/mol. The summed E-state index contributed by atoms with van der Waals surface area (Å²) in [7, 11) is 2.01. The third-order valence-corrected chi connectivity index (χ3v) is 5.23. The Morgan fingerprint density at radius 2 is 1.86 bits per heavy atom. The first-order valence-electron chi connectivity index (χ1n) is 10.4. The van der Waals surface area contributed by atoms with E-state index in [4.69, 9.17) is 0 Å². The van der Waals surface area contributed by atoms with Crippen molar-refractivity contribution in [3.05, 3.63) is 60.1 Å². The number of rotatable bonds is 8. The van der Waals surface area contributed by atoms with E-state index < -0.39 is 0 Å². The number of nitrogens with zero attached hydrogens (tertiary/aromatic N) is 5. The van der Waals surface area contributed by atoms with Gasteiger partial charge in [0.15, 0.2) is 0 Å². The van der Waals surface area contributed by atoms with Gasteiger partial charge in [0.1, 0.15) is 11.5 Å². The highest BCUT2D eigenvalue weighted by atomic mass is 16.2. The Morgan fingerprint density at radius 3 is 2.52 bits per heavy atom. The van der Waals surface area contributed by atoms with E-state index in [9.17, 15) is 4.79 Å². The number of carbonyl (C=O) groups is 1. The predicted molar refractivity (Wildman–Crippen MR) is 118 cm³/mol. The average Bonchev–Trinajstić information content (AvgIpc) is 2.78. The van der Waals surface area contributed by atoms with Crippen molar-refractivity contribution in [1.82, 2.24) is 19.8 Å². The maximum Gasteiger partial charge on any atom is 0.274 e. The molecule has 0 spiro atoms. The van der Waals surface area contributed by atoms with E-state index in [1.165, 1.54) is 5.56 Å². The molecular weight excluding hydrogens is 362 g/mol. The molecule has 1 aliphatic heterocycles. The van der Waals surface area contributed by atoms with Gasteiger partial charge in [0.2, 0.25) is 0 Å². The lowest BCUT2D eigenvalue weighted by molar-refractivity contribution is 0.0644. The van der Waals surface area contributed by atoms with E-state index in [1.54, 1.807) is 12.4 Å². The van der Waals surface area contributed by atoms with E-state index in [1.807, 2.05) is 30.1 Å². The first-order chi connectivity index (χ1) is 14.2. The molecule has 3 rings (SSSR count). The van der Waals surface area contributed by atoms with E-state index in [-0.39, 0.29) is 5.91 Å². The van der Waals surface area contributed by atoms with Gasteiger partial charge >= 0.3 is 0 Å². The van der Waals surface area contributed by atoms with Gasteiger partial charge < -0.3 is 9.80 Å². The first kappa shape index (κ1) is 21.0. The van der Waals surface area contributed by atoms with Gasteiger partial charge in [-0.25, -0.2) is 9.97 Å². The van der Waals surface area contributed by atoms with Crippen molar-refractivity contribution in [2.24, 2.45) is 0 Å². The van der Waals surface area contributed by atoms with Crippen molar-refractivity contribution in [3.8, 4) is 0 Å². The Kier molecular flexibility index (Phi) is 7.76. The first-order valence-corrected chi connectivity index (χ1v) is 10.4. The summed E-state index contributed by atoms with van der Waals surface area (Å²) in [4.78, 5) is 27.8. The van der Waals surface area contributed by atoms with Crippen LogP contribution in [0.4, 0.5) is 5.82 Å². The minimum absolute atomic E-state index is 0.0280. The molecule has 0 N–H and O–H groups in total. The van der Waals surface area contributed by atoms with Crippen LogP contribution in [0.15, 0.2) is 48.8 Å². The lowest BCUT2D eigenvalue weighted by Gasteiger charge is -2.34. The number of hydrogen-bond donors (Lipinski definition) is 0. The van der Waals surface area contributed by atoms with Crippen LogP contribution in [0, 0.1) is 0 Å². The second-order valence-electron chi connectivity index (χ2n) is 7.44. The SMILES string of the molecule is CCCCN(C)c1cnc(C(=O)N2CCN(C/C=C/c3ccccc3)CC2)cn1. The van der Waals surface area contributed by atoms with Crippen molar-refractivity contribution in [3.63, 3.8) is 0 Å². The third kappa shape index (κ3) is 6.12. The summed E-state index contributed by atoms with van der Waals surface area (Å²) < 4.78 is 0. The number of benzene rings is 1. The van der Waals surface area contributed by atoms with Crippen LogP contribution < -0.4 is 4.90 Å². The fourth-order valence-electron chi connectivity index (χ4n) is 3.34. The molecule has 2 aromatic rings. The molecule has 0 atom stereocenters. The zero-order valence-electron chi connectivity index (χ0n) is 17.5. The second-order valence-corrected chi connectivity index (χ2v) is 7.44. The van der Waals surface area contributed by atoms with Crippen LogP contribution in [0.2, 0.25) is 0 Å². The third-order valence-electron chi connectivity index (χ3n) is 5.23. The molecule has 1 saturated heterocycles. The zero-order valence-corrected chi connectivity index (χ0v) is 17.5. The van der Waals surface area contributed by atoms with Crippen LogP contribution in [-0.4, -0.2) is 72.0 Å². The van der Waals surface area contributed by atoms with Crippen LogP contribution in [0.25, 0.3) is 6.08 Å². The van der Waals surface area contributed by atoms with Crippen LogP contribution in [0.5, 0.6) is 0 Å². The second kappa shape index (κ2) is 10.7. The predicted octanol–water partition coefficient (Wildman–Crippen LogP) is 3.18. The van der Waals surface area contributed by atoms with Gasteiger partial charge in [-0.2, -0.15) is 0 Å². The smallest absolute Gasteiger partial charge is 0.274 e. The maximum absolute atomic E-state index is 12.7. The molecule has 0 radical (unpaired) electrons. The molecule has 0 saturated carbocycles. The number of aromatic nitrogens is 2. The number of amides is 1. The fourth-order valence-corrected chi connectivity index (χ4v) is 3.34. The molecule has 1 fully saturated rings. The van der Waals surface area contributed by atoms with E-state index in [0.29, 0.717) is 5.69 Å². The molecule has 1 aromatic heterocycles. The minimum atomic E-state index is -0.0280. The Labute approximate surface area is 173 Å². The van der Waals surface area contributed by atoms with Crippen LogP contribution in [0.3, 0.4) is 0 Å². The van der Waals surface area contributed by atoms with E-state index in [2.05, 4.69) is 51.0 Å². The molecule has 6 heteroatoms. The number of anilines is 1. The highest BCUT2D eigenvalue weighted by Gasteiger charge is 2.22. The molecule has 2 heterocycles. The van der Waals surface area contributed by atoms with Gasteiger partial charge in [-0.15, -0.1) is 0 Å². The van der Waals surface area contributed by atoms with Gasteiger partial charge in [-0.3, -0.25) is 9.69 Å². The Bertz CT molecular complexity index is 783. The lowest BCUT2D eigenvalue weighted by atomic mass is 10.2. The highest BCUT2D eigenvalue weighted by Crippen LogP contribution is 2.11. The summed E-state index contributed by atoms with van der Waals surface area (Å²) >= 11 is 0. The molecule has 0 unspecified atom stereocenters. The normalized spacial score (nSPS) is 15.0. The maximum atomic E-state index is 12.7. The minimum Gasteiger partial charge on any atom is -0.358 e. The molecular formula is C23H31N5O. The monoisotopic (exact) mass is 393 g/mol. The van der Waals surface area contributed by atoms with Gasteiger partial charge in [0.25, 0.3) is 5.91 Å². The topological polar surface area (TPSA) is 52.6 Å². The molecule has 1 aromatic carbocycles. The largest absolute Gasteiger partial charge is 0.358 e. The Hall–Kier alpha value is -2.73. The summed E-state index contributed by atoms with van der Waals surface area (Å²) in [5.41, 5.74) is 1.64. The summed E-state index contributed by atoms with van der Waals surface area (Å²) in [6, 6.07) is 10.3. The molecule has 29 heavy (non-hydrogen) atoms. The fraction of sp³-hybridized carbons (Fsp3) is 0.435. The molecule has 154 valence electrons. The van der Waals surface area contributed by atoms with Gasteiger partial charge in [0, 0.05) is 46.3 Å². The lowest BCUT2D eigenvalue weighted by Crippen LogP contribution is -2.48. The molecule has 0 bridgehead atoms. The van der Waals surface area contributed by atoms with E-state index >= 15 is 0 Å². The standard InChI is InChI=1S/C23H31N5O/c1-3-4-12-26(2)22-19-24-21(18-25-22)23(29)28-16-14-27(15-17-28)13-8-11-20-9-6-5-7-10-20/h5-11,18-19H,3-4,12-17H2,1-2H3/b11-8+. The van der Waals surface area contributed by atoms with Crippen molar-refractivity contribution in [1.29, 1.82) is 0 Å². The van der Waals surface area contributed by atoms with Crippen LogP contribution >= 0.6 is 0 Å². The molecule has 0 aliphatic carbocycles. The number of hydrogen-bond acceptors (Lipinski definition) is 5. The summed E-state index contributed by atoms with van der Waals surface area (Å²) in [5, 5.41) is 0. The number of carbonyl (C=O) groups excluding carboxylic acids is 1. The van der Waals surface area contributed by atoms with Crippen molar-refractivity contribution >= 4 is 17.8 Å². The van der Waals surface area contributed by atoms with E-state index in [0.717, 1.165) is 57.9 Å². The van der Waals surface area contributed by atoms with Crippen molar-refractivity contribution in [2.75, 3.05) is 51.2 Å². The Balaban J connectivity index is 1.46. The van der Waals surface area contributed by atoms with Gasteiger partial charge in [-0.05, 0) is 12.0 Å². The Morgan fingerprint density at radius 1 is 1.10 bits per heavy atom. The number of piperazine rings is 1. The van der Waals surface area contributed by atoms with Crippen molar-refractivity contribution in [2.45, 2.75) is 19.8 Å². The summed E-state index contributed by atoms with van der Waals surface area (Å²) in [6.45, 7) is 7.19. The van der Waals surface area contributed by atoms with Crippen LogP contribution in [0.1, 0.15) is 35.8 Å². The molecule has 1 amide bonds. The zero-order chi connectivity index (χ0) is 20.5. The number of unbranched alkanes of at least 4 members (excludes halogenated alkanes) is 1.